The molecule has 0 saturated carbocycles. The molecule has 0 saturated heterocycles. The van der Waals surface area contributed by atoms with Gasteiger partial charge in [-0.3, -0.25) is 9.10 Å². The number of benzene rings is 2. The average Bonchev–Trinajstić information content (AvgIpc) is 2.61. The molecule has 28 heavy (non-hydrogen) atoms. The van der Waals surface area contributed by atoms with Gasteiger partial charge in [-0.2, -0.15) is 0 Å². The molecule has 9 heteroatoms. The number of hydrogen-bond acceptors (Lipinski definition) is 4. The van der Waals surface area contributed by atoms with Crippen molar-refractivity contribution in [3.63, 3.8) is 0 Å². The van der Waals surface area contributed by atoms with E-state index in [0.717, 1.165) is 35.6 Å². The first-order valence-corrected chi connectivity index (χ1v) is 10.3. The molecule has 0 fully saturated rings. The van der Waals surface area contributed by atoms with Crippen molar-refractivity contribution in [2.45, 2.75) is 13.8 Å². The van der Waals surface area contributed by atoms with Crippen molar-refractivity contribution in [2.24, 2.45) is 0 Å². The Hall–Kier alpha value is -2.68. The lowest BCUT2D eigenvalue weighted by molar-refractivity contribution is -0.119. The fourth-order valence-electron chi connectivity index (χ4n) is 2.44. The van der Waals surface area contributed by atoms with Crippen molar-refractivity contribution in [3.05, 3.63) is 59.2 Å². The van der Waals surface area contributed by atoms with Gasteiger partial charge in [-0.1, -0.05) is 12.1 Å². The van der Waals surface area contributed by atoms with Crippen LogP contribution in [-0.4, -0.2) is 40.3 Å². The number of nitrogens with zero attached hydrogens (tertiary/aromatic N) is 1. The smallest absolute Gasteiger partial charge is 0.240 e. The fraction of sp³-hybridized carbons (Fsp3) is 0.316. The summed E-state index contributed by atoms with van der Waals surface area (Å²) >= 11 is 0. The predicted octanol–water partition coefficient (Wildman–Crippen LogP) is 2.54. The summed E-state index contributed by atoms with van der Waals surface area (Å²) in [5.41, 5.74) is 1.86. The lowest BCUT2D eigenvalue weighted by Crippen LogP contribution is -2.41. The number of amides is 1. The van der Waals surface area contributed by atoms with Gasteiger partial charge in [-0.15, -0.1) is 0 Å². The summed E-state index contributed by atoms with van der Waals surface area (Å²) in [7, 11) is -3.87. The Kier molecular flexibility index (Phi) is 6.95. The van der Waals surface area contributed by atoms with E-state index in [1.54, 1.807) is 0 Å². The van der Waals surface area contributed by atoms with Gasteiger partial charge in [-0.05, 0) is 43.2 Å². The number of hydrogen-bond donors (Lipinski definition) is 1. The number of carbonyl (C=O) groups is 1. The largest absolute Gasteiger partial charge is 0.491 e. The van der Waals surface area contributed by atoms with Crippen LogP contribution in [0.5, 0.6) is 5.75 Å². The second-order valence-corrected chi connectivity index (χ2v) is 8.24. The number of anilines is 1. The molecule has 2 aromatic carbocycles. The maximum atomic E-state index is 13.4. The summed E-state index contributed by atoms with van der Waals surface area (Å²) in [5.74, 6) is -2.20. The van der Waals surface area contributed by atoms with E-state index in [1.165, 1.54) is 0 Å². The van der Waals surface area contributed by atoms with Gasteiger partial charge in [0.1, 0.15) is 18.9 Å². The molecule has 0 bridgehead atoms. The molecule has 0 atom stereocenters. The zero-order valence-corrected chi connectivity index (χ0v) is 16.6. The highest BCUT2D eigenvalue weighted by Crippen LogP contribution is 2.20. The van der Waals surface area contributed by atoms with E-state index >= 15 is 0 Å². The molecule has 0 heterocycles. The van der Waals surface area contributed by atoms with Gasteiger partial charge in [0.05, 0.1) is 18.5 Å². The maximum absolute atomic E-state index is 13.4. The lowest BCUT2D eigenvalue weighted by Gasteiger charge is -2.22. The Morgan fingerprint density at radius 1 is 1.11 bits per heavy atom. The Labute approximate surface area is 163 Å². The third kappa shape index (κ3) is 5.91. The molecule has 0 radical (unpaired) electrons. The highest BCUT2D eigenvalue weighted by molar-refractivity contribution is 7.92. The summed E-state index contributed by atoms with van der Waals surface area (Å²) < 4.78 is 56.7. The zero-order chi connectivity index (χ0) is 20.9. The first kappa shape index (κ1) is 21.6. The summed E-state index contributed by atoms with van der Waals surface area (Å²) in [4.78, 5) is 12.1. The Bertz CT molecular complexity index is 964. The number of nitrogens with one attached hydrogen (secondary N) is 1. The molecule has 2 rings (SSSR count). The number of sulfonamides is 1. The number of carbonyl (C=O) groups excluding carboxylic acids is 1. The highest BCUT2D eigenvalue weighted by atomic mass is 32.2. The van der Waals surface area contributed by atoms with Crippen molar-refractivity contribution in [1.82, 2.24) is 5.32 Å². The molecule has 0 aliphatic rings. The van der Waals surface area contributed by atoms with Crippen molar-refractivity contribution in [1.29, 1.82) is 0 Å². The van der Waals surface area contributed by atoms with E-state index in [1.807, 2.05) is 32.0 Å². The average molecular weight is 412 g/mol. The van der Waals surface area contributed by atoms with Crippen LogP contribution in [0.15, 0.2) is 36.4 Å². The van der Waals surface area contributed by atoms with Crippen LogP contribution in [0.2, 0.25) is 0 Å². The van der Waals surface area contributed by atoms with E-state index in [2.05, 4.69) is 5.32 Å². The quantitative estimate of drug-likeness (QED) is 0.676. The third-order valence-electron chi connectivity index (χ3n) is 3.90. The third-order valence-corrected chi connectivity index (χ3v) is 5.04. The topological polar surface area (TPSA) is 75.7 Å². The standard InChI is InChI=1S/C19H22F2N2O4S/c1-13-4-5-14(2)18(10-13)27-9-8-22-19(24)12-23(28(3,25)26)15-6-7-16(20)17(21)11-15/h4-7,10-11H,8-9,12H2,1-3H3,(H,22,24). The SMILES string of the molecule is Cc1ccc(C)c(OCCNC(=O)CN(c2ccc(F)c(F)c2)S(C)(=O)=O)c1. The second kappa shape index (κ2) is 9.01. The Balaban J connectivity index is 1.95. The second-order valence-electron chi connectivity index (χ2n) is 6.34. The molecule has 0 spiro atoms. The van der Waals surface area contributed by atoms with Crippen LogP contribution >= 0.6 is 0 Å². The highest BCUT2D eigenvalue weighted by Gasteiger charge is 2.22. The van der Waals surface area contributed by atoms with Gasteiger partial charge in [0.25, 0.3) is 0 Å². The molecule has 2 aromatic rings. The van der Waals surface area contributed by atoms with Crippen LogP contribution in [-0.2, 0) is 14.8 Å². The lowest BCUT2D eigenvalue weighted by atomic mass is 10.1. The first-order chi connectivity index (χ1) is 13.1. The van der Waals surface area contributed by atoms with E-state index in [9.17, 15) is 22.0 Å². The minimum Gasteiger partial charge on any atom is -0.491 e. The number of aryl methyl sites for hydroxylation is 2. The number of rotatable bonds is 8. The minimum absolute atomic E-state index is 0.136. The van der Waals surface area contributed by atoms with Gasteiger partial charge in [0.15, 0.2) is 11.6 Å². The van der Waals surface area contributed by atoms with Gasteiger partial charge >= 0.3 is 0 Å². The van der Waals surface area contributed by atoms with Crippen molar-refractivity contribution >= 4 is 21.6 Å². The summed E-state index contributed by atoms with van der Waals surface area (Å²) in [6.45, 7) is 3.63. The van der Waals surface area contributed by atoms with E-state index in [0.29, 0.717) is 10.1 Å². The van der Waals surface area contributed by atoms with Crippen LogP contribution in [0.25, 0.3) is 0 Å². The number of halogens is 2. The number of ether oxygens (including phenoxy) is 1. The van der Waals surface area contributed by atoms with Crippen molar-refractivity contribution in [2.75, 3.05) is 30.3 Å². The Morgan fingerprint density at radius 2 is 1.82 bits per heavy atom. The van der Waals surface area contributed by atoms with Crippen LogP contribution in [0.4, 0.5) is 14.5 Å². The minimum atomic E-state index is -3.87. The summed E-state index contributed by atoms with van der Waals surface area (Å²) in [5, 5.41) is 2.55. The van der Waals surface area contributed by atoms with Crippen molar-refractivity contribution in [3.8, 4) is 5.75 Å². The molecule has 0 aliphatic heterocycles. The van der Waals surface area contributed by atoms with E-state index < -0.39 is 34.1 Å². The van der Waals surface area contributed by atoms with Gasteiger partial charge < -0.3 is 10.1 Å². The summed E-state index contributed by atoms with van der Waals surface area (Å²) in [6.07, 6.45) is 0.880. The van der Waals surface area contributed by atoms with E-state index in [4.69, 9.17) is 4.74 Å². The van der Waals surface area contributed by atoms with Crippen LogP contribution in [0.1, 0.15) is 11.1 Å². The van der Waals surface area contributed by atoms with Crippen molar-refractivity contribution < 1.29 is 26.7 Å². The predicted molar refractivity (Wildman–Crippen MR) is 103 cm³/mol. The zero-order valence-electron chi connectivity index (χ0n) is 15.8. The Morgan fingerprint density at radius 3 is 2.46 bits per heavy atom. The van der Waals surface area contributed by atoms with Gasteiger partial charge in [0.2, 0.25) is 15.9 Å². The van der Waals surface area contributed by atoms with Gasteiger partial charge in [0, 0.05) is 6.07 Å². The van der Waals surface area contributed by atoms with Crippen LogP contribution in [0.3, 0.4) is 0 Å². The maximum Gasteiger partial charge on any atom is 0.240 e. The molecule has 0 aromatic heterocycles. The van der Waals surface area contributed by atoms with E-state index in [-0.39, 0.29) is 18.8 Å². The first-order valence-electron chi connectivity index (χ1n) is 8.47. The molecule has 0 aliphatic carbocycles. The molecule has 6 nitrogen and oxygen atoms in total. The normalized spacial score (nSPS) is 11.2. The molecular formula is C19H22F2N2O4S. The summed E-state index contributed by atoms with van der Waals surface area (Å²) in [6, 6.07) is 8.39. The fourth-order valence-corrected chi connectivity index (χ4v) is 3.29. The molecule has 1 N–H and O–H groups in total. The molecule has 1 amide bonds. The van der Waals surface area contributed by atoms with Crippen LogP contribution < -0.4 is 14.4 Å². The molecule has 0 unspecified atom stereocenters. The van der Waals surface area contributed by atoms with Crippen LogP contribution in [0, 0.1) is 25.5 Å². The van der Waals surface area contributed by atoms with Gasteiger partial charge in [-0.25, -0.2) is 17.2 Å². The molecular weight excluding hydrogens is 390 g/mol. The monoisotopic (exact) mass is 412 g/mol. The molecule has 152 valence electrons.